The van der Waals surface area contributed by atoms with Crippen LogP contribution in [0.4, 0.5) is 15.8 Å². The van der Waals surface area contributed by atoms with Crippen molar-refractivity contribution in [1.82, 2.24) is 0 Å². The first kappa shape index (κ1) is 15.8. The molecule has 0 heterocycles. The van der Waals surface area contributed by atoms with Crippen LogP contribution in [0.25, 0.3) is 0 Å². The maximum atomic E-state index is 13.7. The van der Waals surface area contributed by atoms with Gasteiger partial charge in [-0.3, -0.25) is 4.72 Å². The summed E-state index contributed by atoms with van der Waals surface area (Å²) in [4.78, 5) is 0.0411. The van der Waals surface area contributed by atoms with Crippen LogP contribution >= 0.6 is 15.9 Å². The molecule has 0 fully saturated rings. The summed E-state index contributed by atoms with van der Waals surface area (Å²) >= 11 is 3.18. The molecule has 3 N–H and O–H groups in total. The molecular formula is C14H14BrFN2O2S. The van der Waals surface area contributed by atoms with Crippen LogP contribution in [0.15, 0.2) is 39.7 Å². The number of nitrogens with one attached hydrogen (secondary N) is 1. The van der Waals surface area contributed by atoms with Crippen LogP contribution in [0.2, 0.25) is 0 Å². The molecule has 0 bridgehead atoms. The number of anilines is 2. The average molecular weight is 373 g/mol. The van der Waals surface area contributed by atoms with Gasteiger partial charge >= 0.3 is 0 Å². The zero-order valence-electron chi connectivity index (χ0n) is 11.4. The molecule has 0 aliphatic heterocycles. The molecule has 2 aromatic rings. The third-order valence-electron chi connectivity index (χ3n) is 3.01. The molecule has 112 valence electrons. The van der Waals surface area contributed by atoms with Crippen molar-refractivity contribution in [3.8, 4) is 0 Å². The van der Waals surface area contributed by atoms with Crippen LogP contribution in [-0.4, -0.2) is 8.42 Å². The largest absolute Gasteiger partial charge is 0.398 e. The summed E-state index contributed by atoms with van der Waals surface area (Å²) in [6, 6.07) is 7.22. The summed E-state index contributed by atoms with van der Waals surface area (Å²) in [6.45, 7) is 3.36. The molecule has 0 aliphatic carbocycles. The maximum Gasteiger partial charge on any atom is 0.262 e. The highest BCUT2D eigenvalue weighted by molar-refractivity contribution is 9.10. The summed E-state index contributed by atoms with van der Waals surface area (Å²) in [5.41, 5.74) is 7.20. The first-order valence-electron chi connectivity index (χ1n) is 6.05. The molecule has 0 saturated heterocycles. The fourth-order valence-electron chi connectivity index (χ4n) is 1.91. The van der Waals surface area contributed by atoms with Gasteiger partial charge in [0.15, 0.2) is 0 Å². The Labute approximate surface area is 131 Å². The molecule has 0 amide bonds. The Morgan fingerprint density at radius 1 is 1.19 bits per heavy atom. The molecule has 0 aromatic heterocycles. The van der Waals surface area contributed by atoms with Gasteiger partial charge in [-0.15, -0.1) is 0 Å². The van der Waals surface area contributed by atoms with Crippen molar-refractivity contribution in [2.75, 3.05) is 10.5 Å². The van der Waals surface area contributed by atoms with Crippen molar-refractivity contribution in [3.63, 3.8) is 0 Å². The second-order valence-corrected chi connectivity index (χ2v) is 7.27. The zero-order valence-corrected chi connectivity index (χ0v) is 13.8. The van der Waals surface area contributed by atoms with E-state index in [4.69, 9.17) is 5.73 Å². The molecular weight excluding hydrogens is 359 g/mol. The summed E-state index contributed by atoms with van der Waals surface area (Å²) in [7, 11) is -3.92. The lowest BCUT2D eigenvalue weighted by molar-refractivity contribution is 0.598. The van der Waals surface area contributed by atoms with E-state index in [1.54, 1.807) is 19.9 Å². The van der Waals surface area contributed by atoms with Gasteiger partial charge in [0.25, 0.3) is 10.0 Å². The van der Waals surface area contributed by atoms with E-state index in [2.05, 4.69) is 20.7 Å². The van der Waals surface area contributed by atoms with E-state index in [9.17, 15) is 12.8 Å². The minimum absolute atomic E-state index is 0.0411. The number of aryl methyl sites for hydroxylation is 1. The highest BCUT2D eigenvalue weighted by Crippen LogP contribution is 2.27. The number of sulfonamides is 1. The Morgan fingerprint density at radius 2 is 1.86 bits per heavy atom. The summed E-state index contributed by atoms with van der Waals surface area (Å²) in [5.74, 6) is -0.653. The summed E-state index contributed by atoms with van der Waals surface area (Å²) in [5, 5.41) is 0. The molecule has 0 aliphatic rings. The molecule has 7 heteroatoms. The topological polar surface area (TPSA) is 72.2 Å². The van der Waals surface area contributed by atoms with Crippen molar-refractivity contribution in [3.05, 3.63) is 51.7 Å². The van der Waals surface area contributed by atoms with Crippen LogP contribution in [-0.2, 0) is 10.0 Å². The van der Waals surface area contributed by atoms with E-state index in [1.807, 2.05) is 0 Å². The Balaban J connectivity index is 2.51. The van der Waals surface area contributed by atoms with E-state index < -0.39 is 15.8 Å². The van der Waals surface area contributed by atoms with Crippen LogP contribution in [0.1, 0.15) is 11.1 Å². The molecule has 2 aromatic carbocycles. The van der Waals surface area contributed by atoms with Crippen molar-refractivity contribution in [2.45, 2.75) is 18.7 Å². The molecule has 2 rings (SSSR count). The van der Waals surface area contributed by atoms with Crippen LogP contribution in [0.5, 0.6) is 0 Å². The highest BCUT2D eigenvalue weighted by atomic mass is 79.9. The van der Waals surface area contributed by atoms with E-state index in [-0.39, 0.29) is 10.6 Å². The quantitative estimate of drug-likeness (QED) is 0.808. The minimum Gasteiger partial charge on any atom is -0.398 e. The van der Waals surface area contributed by atoms with E-state index in [1.165, 1.54) is 24.3 Å². The lowest BCUT2D eigenvalue weighted by Gasteiger charge is -2.13. The van der Waals surface area contributed by atoms with Gasteiger partial charge in [0, 0.05) is 10.2 Å². The molecule has 0 atom stereocenters. The smallest absolute Gasteiger partial charge is 0.262 e. The fraction of sp³-hybridized carbons (Fsp3) is 0.143. The molecule has 0 radical (unpaired) electrons. The standard InChI is InChI=1S/C14H14BrFN2O2S/c1-8-5-12(17)9(2)14(6-8)21(19,20)18-13-7-10(15)3-4-11(13)16/h3-7,18H,17H2,1-2H3. The van der Waals surface area contributed by atoms with Gasteiger partial charge in [0.1, 0.15) is 5.82 Å². The van der Waals surface area contributed by atoms with E-state index >= 15 is 0 Å². The normalized spacial score (nSPS) is 11.4. The maximum absolute atomic E-state index is 13.7. The first-order valence-corrected chi connectivity index (χ1v) is 8.33. The number of hydrogen-bond acceptors (Lipinski definition) is 3. The number of benzene rings is 2. The number of halogens is 2. The van der Waals surface area contributed by atoms with Crippen LogP contribution in [0, 0.1) is 19.7 Å². The van der Waals surface area contributed by atoms with Gasteiger partial charge < -0.3 is 5.73 Å². The van der Waals surface area contributed by atoms with Crippen LogP contribution in [0.3, 0.4) is 0 Å². The molecule has 21 heavy (non-hydrogen) atoms. The predicted octanol–water partition coefficient (Wildman–Crippen LogP) is 3.59. The monoisotopic (exact) mass is 372 g/mol. The summed E-state index contributed by atoms with van der Waals surface area (Å²) in [6.07, 6.45) is 0. The minimum atomic E-state index is -3.92. The molecule has 0 spiro atoms. The predicted molar refractivity (Wildman–Crippen MR) is 85.2 cm³/mol. The Morgan fingerprint density at radius 3 is 2.52 bits per heavy atom. The Bertz CT molecular complexity index is 807. The second-order valence-electron chi connectivity index (χ2n) is 4.71. The van der Waals surface area contributed by atoms with Gasteiger partial charge in [-0.2, -0.15) is 0 Å². The fourth-order valence-corrected chi connectivity index (χ4v) is 3.69. The molecule has 0 unspecified atom stereocenters. The average Bonchev–Trinajstić information content (AvgIpc) is 2.37. The third kappa shape index (κ3) is 3.36. The lowest BCUT2D eigenvalue weighted by atomic mass is 10.1. The summed E-state index contributed by atoms with van der Waals surface area (Å²) < 4.78 is 41.4. The number of hydrogen-bond donors (Lipinski definition) is 2. The first-order chi connectivity index (χ1) is 9.70. The van der Waals surface area contributed by atoms with Crippen molar-refractivity contribution >= 4 is 37.3 Å². The van der Waals surface area contributed by atoms with E-state index in [0.717, 1.165) is 0 Å². The Kier molecular flexibility index (Phi) is 4.25. The van der Waals surface area contributed by atoms with Gasteiger partial charge in [0.2, 0.25) is 0 Å². The SMILES string of the molecule is Cc1cc(N)c(C)c(S(=O)(=O)Nc2cc(Br)ccc2F)c1. The second kappa shape index (κ2) is 5.65. The highest BCUT2D eigenvalue weighted by Gasteiger charge is 2.20. The third-order valence-corrected chi connectivity index (χ3v) is 4.99. The molecule has 0 saturated carbocycles. The van der Waals surface area contributed by atoms with E-state index in [0.29, 0.717) is 21.3 Å². The van der Waals surface area contributed by atoms with Crippen molar-refractivity contribution in [1.29, 1.82) is 0 Å². The van der Waals surface area contributed by atoms with Crippen molar-refractivity contribution in [2.24, 2.45) is 0 Å². The zero-order chi connectivity index (χ0) is 15.8. The van der Waals surface area contributed by atoms with Gasteiger partial charge in [-0.25, -0.2) is 12.8 Å². The van der Waals surface area contributed by atoms with Gasteiger partial charge in [-0.1, -0.05) is 15.9 Å². The number of nitrogens with two attached hydrogens (primary N) is 1. The Hall–Kier alpha value is -1.60. The lowest BCUT2D eigenvalue weighted by Crippen LogP contribution is -2.16. The van der Waals surface area contributed by atoms with Crippen molar-refractivity contribution < 1.29 is 12.8 Å². The van der Waals surface area contributed by atoms with Gasteiger partial charge in [-0.05, 0) is 55.3 Å². The van der Waals surface area contributed by atoms with Gasteiger partial charge in [0.05, 0.1) is 10.6 Å². The molecule has 4 nitrogen and oxygen atoms in total. The van der Waals surface area contributed by atoms with Crippen LogP contribution < -0.4 is 10.5 Å². The number of nitrogen functional groups attached to an aromatic ring is 1. The number of rotatable bonds is 3.